The van der Waals surface area contributed by atoms with Crippen molar-refractivity contribution in [3.8, 4) is 0 Å². The van der Waals surface area contributed by atoms with E-state index in [0.29, 0.717) is 13.1 Å². The summed E-state index contributed by atoms with van der Waals surface area (Å²) in [5.41, 5.74) is 5.55. The summed E-state index contributed by atoms with van der Waals surface area (Å²) >= 11 is 0. The van der Waals surface area contributed by atoms with Gasteiger partial charge in [-0.05, 0) is 50.6 Å². The third-order valence-electron chi connectivity index (χ3n) is 5.96. The van der Waals surface area contributed by atoms with Crippen LogP contribution in [0.4, 0.5) is 5.69 Å². The lowest BCUT2D eigenvalue weighted by molar-refractivity contribution is 0.0925. The first-order valence-corrected chi connectivity index (χ1v) is 10.3. The molecule has 0 bridgehead atoms. The minimum Gasteiger partial charge on any atom is -0.467 e. The van der Waals surface area contributed by atoms with Gasteiger partial charge in [-0.25, -0.2) is 0 Å². The number of furan rings is 1. The van der Waals surface area contributed by atoms with Gasteiger partial charge in [-0.1, -0.05) is 18.2 Å². The van der Waals surface area contributed by atoms with Crippen molar-refractivity contribution in [2.75, 3.05) is 37.6 Å². The van der Waals surface area contributed by atoms with E-state index in [1.807, 2.05) is 32.0 Å². The number of nitrogens with zero attached hydrogens (tertiary/aromatic N) is 3. The highest BCUT2D eigenvalue weighted by molar-refractivity contribution is 5.99. The minimum atomic E-state index is 0.202. The molecule has 1 saturated heterocycles. The van der Waals surface area contributed by atoms with E-state index >= 15 is 0 Å². The van der Waals surface area contributed by atoms with Crippen LogP contribution in [-0.4, -0.2) is 48.0 Å². The Hall–Kier alpha value is -2.79. The van der Waals surface area contributed by atoms with E-state index in [-0.39, 0.29) is 5.78 Å². The molecule has 1 aliphatic heterocycles. The van der Waals surface area contributed by atoms with Gasteiger partial charge in [0.05, 0.1) is 19.4 Å². The SMILES string of the molecule is Cc1ccccc1N1CCN(CC(=O)c2cc(C)n(Cc3ccco3)c2C)CC1. The van der Waals surface area contributed by atoms with Crippen molar-refractivity contribution in [2.45, 2.75) is 27.3 Å². The van der Waals surface area contributed by atoms with Gasteiger partial charge in [0, 0.05) is 48.8 Å². The molecule has 1 aliphatic rings. The standard InChI is InChI=1S/C24H29N3O2/c1-18-7-4-5-9-23(18)26-12-10-25(11-13-26)17-24(28)22-15-19(2)27(20(22)3)16-21-8-6-14-29-21/h4-9,14-15H,10-13,16-17H2,1-3H3. The van der Waals surface area contributed by atoms with E-state index in [0.717, 1.165) is 48.9 Å². The lowest BCUT2D eigenvalue weighted by Gasteiger charge is -2.36. The van der Waals surface area contributed by atoms with Crippen LogP contribution < -0.4 is 4.90 Å². The van der Waals surface area contributed by atoms with E-state index in [1.54, 1.807) is 6.26 Å². The van der Waals surface area contributed by atoms with Crippen molar-refractivity contribution in [1.82, 2.24) is 9.47 Å². The number of ketones is 1. The lowest BCUT2D eigenvalue weighted by atomic mass is 10.1. The molecule has 0 unspecified atom stereocenters. The number of anilines is 1. The molecule has 5 nitrogen and oxygen atoms in total. The smallest absolute Gasteiger partial charge is 0.178 e. The first-order valence-electron chi connectivity index (χ1n) is 10.3. The number of benzene rings is 1. The van der Waals surface area contributed by atoms with Crippen LogP contribution in [0.2, 0.25) is 0 Å². The summed E-state index contributed by atoms with van der Waals surface area (Å²) in [6, 6.07) is 14.4. The Kier molecular flexibility index (Phi) is 5.58. The molecule has 0 radical (unpaired) electrons. The number of hydrogen-bond acceptors (Lipinski definition) is 4. The number of carbonyl (C=O) groups is 1. The van der Waals surface area contributed by atoms with Gasteiger partial charge in [0.15, 0.2) is 5.78 Å². The Morgan fingerprint density at radius 1 is 1.00 bits per heavy atom. The van der Waals surface area contributed by atoms with E-state index in [1.165, 1.54) is 11.3 Å². The summed E-state index contributed by atoms with van der Waals surface area (Å²) < 4.78 is 7.63. The summed E-state index contributed by atoms with van der Waals surface area (Å²) in [6.07, 6.45) is 1.69. The fourth-order valence-electron chi connectivity index (χ4n) is 4.24. The molecule has 0 atom stereocenters. The fourth-order valence-corrected chi connectivity index (χ4v) is 4.24. The molecular formula is C24H29N3O2. The van der Waals surface area contributed by atoms with Crippen LogP contribution in [0.1, 0.15) is 33.1 Å². The Morgan fingerprint density at radius 3 is 2.45 bits per heavy atom. The third kappa shape index (κ3) is 4.15. The quantitative estimate of drug-likeness (QED) is 0.594. The van der Waals surface area contributed by atoms with Crippen LogP contribution in [0.15, 0.2) is 53.1 Å². The number of aromatic nitrogens is 1. The Morgan fingerprint density at radius 2 is 1.76 bits per heavy atom. The number of carbonyl (C=O) groups excluding carboxylic acids is 1. The first kappa shape index (κ1) is 19.5. The summed E-state index contributed by atoms with van der Waals surface area (Å²) in [5.74, 6) is 1.10. The van der Waals surface area contributed by atoms with E-state index in [2.05, 4.69) is 45.6 Å². The van der Waals surface area contributed by atoms with Crippen molar-refractivity contribution in [1.29, 1.82) is 0 Å². The molecular weight excluding hydrogens is 362 g/mol. The maximum atomic E-state index is 13.0. The Balaban J connectivity index is 1.39. The molecule has 1 fully saturated rings. The number of Topliss-reactive ketones (excluding diaryl/α,β-unsaturated/α-hetero) is 1. The fraction of sp³-hybridized carbons (Fsp3) is 0.375. The van der Waals surface area contributed by atoms with Crippen molar-refractivity contribution in [2.24, 2.45) is 0 Å². The van der Waals surface area contributed by atoms with Crippen LogP contribution in [0.3, 0.4) is 0 Å². The minimum absolute atomic E-state index is 0.202. The van der Waals surface area contributed by atoms with Crippen molar-refractivity contribution >= 4 is 11.5 Å². The van der Waals surface area contributed by atoms with Crippen LogP contribution in [0.25, 0.3) is 0 Å². The molecule has 0 aliphatic carbocycles. The van der Waals surface area contributed by atoms with Crippen molar-refractivity contribution < 1.29 is 9.21 Å². The summed E-state index contributed by atoms with van der Waals surface area (Å²) in [4.78, 5) is 17.7. The molecule has 3 aromatic rings. The Bertz CT molecular complexity index is 980. The monoisotopic (exact) mass is 391 g/mol. The predicted octanol–water partition coefficient (Wildman–Crippen LogP) is 4.06. The molecule has 2 aromatic heterocycles. The first-order chi connectivity index (χ1) is 14.0. The van der Waals surface area contributed by atoms with Crippen LogP contribution in [-0.2, 0) is 6.54 Å². The second kappa shape index (κ2) is 8.29. The summed E-state index contributed by atoms with van der Waals surface area (Å²) in [7, 11) is 0. The zero-order valence-electron chi connectivity index (χ0n) is 17.5. The highest BCUT2D eigenvalue weighted by Crippen LogP contribution is 2.22. The lowest BCUT2D eigenvalue weighted by Crippen LogP contribution is -2.48. The molecule has 0 spiro atoms. The second-order valence-electron chi connectivity index (χ2n) is 7.92. The number of rotatable bonds is 6. The van der Waals surface area contributed by atoms with Gasteiger partial charge < -0.3 is 13.9 Å². The molecule has 152 valence electrons. The zero-order valence-corrected chi connectivity index (χ0v) is 17.5. The maximum Gasteiger partial charge on any atom is 0.178 e. The van der Waals surface area contributed by atoms with Gasteiger partial charge in [-0.15, -0.1) is 0 Å². The van der Waals surface area contributed by atoms with Crippen LogP contribution >= 0.6 is 0 Å². The molecule has 0 saturated carbocycles. The van der Waals surface area contributed by atoms with Gasteiger partial charge in [-0.3, -0.25) is 9.69 Å². The number of para-hydroxylation sites is 1. The zero-order chi connectivity index (χ0) is 20.4. The third-order valence-corrected chi connectivity index (χ3v) is 5.96. The topological polar surface area (TPSA) is 41.6 Å². The van der Waals surface area contributed by atoms with Crippen molar-refractivity contribution in [3.05, 3.63) is 77.0 Å². The molecule has 4 rings (SSSR count). The highest BCUT2D eigenvalue weighted by atomic mass is 16.3. The highest BCUT2D eigenvalue weighted by Gasteiger charge is 2.23. The maximum absolute atomic E-state index is 13.0. The van der Waals surface area contributed by atoms with Crippen molar-refractivity contribution in [3.63, 3.8) is 0 Å². The summed E-state index contributed by atoms with van der Waals surface area (Å²) in [6.45, 7) is 11.1. The van der Waals surface area contributed by atoms with Gasteiger partial charge >= 0.3 is 0 Å². The molecule has 0 N–H and O–H groups in total. The molecule has 0 amide bonds. The van der Waals surface area contributed by atoms with Crippen LogP contribution in [0.5, 0.6) is 0 Å². The predicted molar refractivity (Wildman–Crippen MR) is 116 cm³/mol. The summed E-state index contributed by atoms with van der Waals surface area (Å²) in [5, 5.41) is 0. The number of hydrogen-bond donors (Lipinski definition) is 0. The normalized spacial score (nSPS) is 15.1. The van der Waals surface area contributed by atoms with Gasteiger partial charge in [-0.2, -0.15) is 0 Å². The largest absolute Gasteiger partial charge is 0.467 e. The Labute approximate surface area is 172 Å². The van der Waals surface area contributed by atoms with E-state index in [9.17, 15) is 4.79 Å². The van der Waals surface area contributed by atoms with E-state index < -0.39 is 0 Å². The van der Waals surface area contributed by atoms with E-state index in [4.69, 9.17) is 4.42 Å². The number of piperazine rings is 1. The number of aryl methyl sites for hydroxylation is 2. The molecule has 29 heavy (non-hydrogen) atoms. The van der Waals surface area contributed by atoms with Crippen LogP contribution in [0, 0.1) is 20.8 Å². The molecule has 3 heterocycles. The van der Waals surface area contributed by atoms with Gasteiger partial charge in [0.25, 0.3) is 0 Å². The second-order valence-corrected chi connectivity index (χ2v) is 7.92. The molecule has 1 aromatic carbocycles. The van der Waals surface area contributed by atoms with Gasteiger partial charge in [0.1, 0.15) is 5.76 Å². The average molecular weight is 392 g/mol. The molecule has 5 heteroatoms. The average Bonchev–Trinajstić information content (AvgIpc) is 3.33. The van der Waals surface area contributed by atoms with Gasteiger partial charge in [0.2, 0.25) is 0 Å².